The topological polar surface area (TPSA) is 50.2 Å². The summed E-state index contributed by atoms with van der Waals surface area (Å²) in [6.45, 7) is 0. The van der Waals surface area contributed by atoms with E-state index in [0.29, 0.717) is 0 Å². The Kier molecular flexibility index (Phi) is 5.03. The van der Waals surface area contributed by atoms with Crippen molar-refractivity contribution in [3.63, 3.8) is 0 Å². The van der Waals surface area contributed by atoms with Crippen molar-refractivity contribution >= 4 is 5.97 Å². The second kappa shape index (κ2) is 6.81. The number of nitrogens with zero attached hydrogens (tertiary/aromatic N) is 1. The third kappa shape index (κ3) is 3.52. The first-order valence-corrected chi connectivity index (χ1v) is 7.12. The van der Waals surface area contributed by atoms with Crippen LogP contribution in [-0.4, -0.2) is 22.2 Å². The summed E-state index contributed by atoms with van der Waals surface area (Å²) in [5.41, 5.74) is -2.16. The Labute approximate surface area is 131 Å². The molecular weight excluding hydrogens is 307 g/mol. The molecule has 1 unspecified atom stereocenters. The highest BCUT2D eigenvalue weighted by Gasteiger charge is 2.56. The van der Waals surface area contributed by atoms with Gasteiger partial charge in [-0.2, -0.15) is 13.2 Å². The van der Waals surface area contributed by atoms with Gasteiger partial charge in [-0.3, -0.25) is 9.78 Å². The molecule has 2 aromatic rings. The molecule has 0 spiro atoms. The van der Waals surface area contributed by atoms with Gasteiger partial charge in [0.2, 0.25) is 0 Å². The fourth-order valence-electron chi connectivity index (χ4n) is 2.77. The SMILES string of the molecule is O=C(O)CCCC(c1ccccc1)(c1cccnc1)C(F)(F)F. The Hall–Kier alpha value is -2.37. The van der Waals surface area contributed by atoms with Gasteiger partial charge in [-0.15, -0.1) is 0 Å². The number of carboxylic acids is 1. The van der Waals surface area contributed by atoms with Gasteiger partial charge in [-0.1, -0.05) is 36.4 Å². The van der Waals surface area contributed by atoms with Crippen molar-refractivity contribution in [3.8, 4) is 0 Å². The minimum Gasteiger partial charge on any atom is -0.481 e. The predicted molar refractivity (Wildman–Crippen MR) is 79.0 cm³/mol. The number of carboxylic acid groups (broad SMARTS) is 1. The Balaban J connectivity index is 2.57. The highest BCUT2D eigenvalue weighted by Crippen LogP contribution is 2.49. The van der Waals surface area contributed by atoms with Crippen LogP contribution in [0.4, 0.5) is 13.2 Å². The van der Waals surface area contributed by atoms with Crippen molar-refractivity contribution in [1.82, 2.24) is 4.98 Å². The molecule has 1 aromatic carbocycles. The first-order chi connectivity index (χ1) is 10.9. The monoisotopic (exact) mass is 323 g/mol. The van der Waals surface area contributed by atoms with Crippen LogP contribution in [0, 0.1) is 0 Å². The first-order valence-electron chi connectivity index (χ1n) is 7.12. The molecule has 23 heavy (non-hydrogen) atoms. The summed E-state index contributed by atoms with van der Waals surface area (Å²) >= 11 is 0. The van der Waals surface area contributed by atoms with Crippen LogP contribution in [0.2, 0.25) is 0 Å². The van der Waals surface area contributed by atoms with Crippen molar-refractivity contribution in [2.24, 2.45) is 0 Å². The smallest absolute Gasteiger partial charge is 0.402 e. The lowest BCUT2D eigenvalue weighted by molar-refractivity contribution is -0.181. The number of aliphatic carboxylic acids is 1. The number of pyridine rings is 1. The fraction of sp³-hybridized carbons (Fsp3) is 0.294. The second-order valence-electron chi connectivity index (χ2n) is 5.26. The van der Waals surface area contributed by atoms with Gasteiger partial charge < -0.3 is 5.11 Å². The first kappa shape index (κ1) is 17.0. The van der Waals surface area contributed by atoms with Crippen LogP contribution >= 0.6 is 0 Å². The number of hydrogen-bond acceptors (Lipinski definition) is 2. The number of aromatic nitrogens is 1. The van der Waals surface area contributed by atoms with Gasteiger partial charge in [0.15, 0.2) is 0 Å². The summed E-state index contributed by atoms with van der Waals surface area (Å²) in [7, 11) is 0. The van der Waals surface area contributed by atoms with E-state index in [1.807, 2.05) is 0 Å². The largest absolute Gasteiger partial charge is 0.481 e. The van der Waals surface area contributed by atoms with Crippen molar-refractivity contribution < 1.29 is 23.1 Å². The maximum absolute atomic E-state index is 14.1. The molecule has 0 radical (unpaired) electrons. The van der Waals surface area contributed by atoms with Crippen molar-refractivity contribution in [2.75, 3.05) is 0 Å². The molecule has 0 aliphatic carbocycles. The van der Waals surface area contributed by atoms with E-state index in [1.165, 1.54) is 36.7 Å². The lowest BCUT2D eigenvalue weighted by atomic mass is 9.71. The van der Waals surface area contributed by atoms with Crippen molar-refractivity contribution in [3.05, 3.63) is 66.0 Å². The predicted octanol–water partition coefficient (Wildman–Crippen LogP) is 4.18. The van der Waals surface area contributed by atoms with E-state index < -0.39 is 17.6 Å². The number of benzene rings is 1. The van der Waals surface area contributed by atoms with Crippen LogP contribution in [0.3, 0.4) is 0 Å². The second-order valence-corrected chi connectivity index (χ2v) is 5.26. The van der Waals surface area contributed by atoms with Crippen molar-refractivity contribution in [2.45, 2.75) is 30.9 Å². The lowest BCUT2D eigenvalue weighted by Gasteiger charge is -2.36. The molecule has 3 nitrogen and oxygen atoms in total. The van der Waals surface area contributed by atoms with Gasteiger partial charge in [-0.25, -0.2) is 0 Å². The normalized spacial score (nSPS) is 14.2. The Bertz CT molecular complexity index is 602. The Morgan fingerprint density at radius 3 is 2.22 bits per heavy atom. The van der Waals surface area contributed by atoms with Gasteiger partial charge in [0.1, 0.15) is 5.41 Å². The van der Waals surface area contributed by atoms with Crippen LogP contribution in [0.15, 0.2) is 54.9 Å². The van der Waals surface area contributed by atoms with Crippen LogP contribution in [0.25, 0.3) is 0 Å². The molecule has 1 heterocycles. The highest BCUT2D eigenvalue weighted by atomic mass is 19.4. The molecule has 0 saturated carbocycles. The average Bonchev–Trinajstić information content (AvgIpc) is 2.52. The van der Waals surface area contributed by atoms with E-state index in [1.54, 1.807) is 18.2 Å². The van der Waals surface area contributed by atoms with Gasteiger partial charge in [0.05, 0.1) is 0 Å². The maximum Gasteiger partial charge on any atom is 0.402 e. The zero-order valence-corrected chi connectivity index (χ0v) is 12.3. The minimum atomic E-state index is -4.57. The average molecular weight is 323 g/mol. The quantitative estimate of drug-likeness (QED) is 0.867. The van der Waals surface area contributed by atoms with E-state index in [2.05, 4.69) is 4.98 Å². The van der Waals surface area contributed by atoms with Gasteiger partial charge in [-0.05, 0) is 30.0 Å². The van der Waals surface area contributed by atoms with Crippen molar-refractivity contribution in [1.29, 1.82) is 0 Å². The molecule has 0 fully saturated rings. The summed E-state index contributed by atoms with van der Waals surface area (Å²) in [6.07, 6.45) is -2.72. The molecule has 1 aromatic heterocycles. The number of halogens is 3. The maximum atomic E-state index is 14.1. The molecule has 0 aliphatic rings. The van der Waals surface area contributed by atoms with Crippen LogP contribution in [-0.2, 0) is 10.2 Å². The van der Waals surface area contributed by atoms with E-state index in [9.17, 15) is 18.0 Å². The van der Waals surface area contributed by atoms with E-state index in [0.717, 1.165) is 0 Å². The Morgan fingerprint density at radius 2 is 1.70 bits per heavy atom. The zero-order valence-electron chi connectivity index (χ0n) is 12.3. The number of hydrogen-bond donors (Lipinski definition) is 1. The summed E-state index contributed by atoms with van der Waals surface area (Å²) in [4.78, 5) is 14.5. The molecule has 2 rings (SSSR count). The molecule has 122 valence electrons. The molecule has 1 N–H and O–H groups in total. The minimum absolute atomic E-state index is 0.0177. The standard InChI is InChI=1S/C17H16F3NO2/c18-17(19,20)16(10-4-9-15(22)23,13-6-2-1-3-7-13)14-8-5-11-21-12-14/h1-3,5-8,11-12H,4,9-10H2,(H,22,23). The third-order valence-electron chi connectivity index (χ3n) is 3.85. The van der Waals surface area contributed by atoms with E-state index in [-0.39, 0.29) is 30.4 Å². The summed E-state index contributed by atoms with van der Waals surface area (Å²) in [5, 5.41) is 8.76. The van der Waals surface area contributed by atoms with Gasteiger partial charge in [0, 0.05) is 18.8 Å². The molecule has 1 atom stereocenters. The summed E-state index contributed by atoms with van der Waals surface area (Å²) < 4.78 is 42.3. The van der Waals surface area contributed by atoms with Gasteiger partial charge >= 0.3 is 12.1 Å². The molecule has 0 aliphatic heterocycles. The number of alkyl halides is 3. The Morgan fingerprint density at radius 1 is 1.04 bits per heavy atom. The zero-order chi connectivity index (χ0) is 16.9. The summed E-state index contributed by atoms with van der Waals surface area (Å²) in [5.74, 6) is -1.11. The number of rotatable bonds is 6. The fourth-order valence-corrected chi connectivity index (χ4v) is 2.77. The van der Waals surface area contributed by atoms with Crippen LogP contribution in [0.5, 0.6) is 0 Å². The molecular formula is C17H16F3NO2. The van der Waals surface area contributed by atoms with E-state index in [4.69, 9.17) is 5.11 Å². The molecule has 0 bridgehead atoms. The summed E-state index contributed by atoms with van der Waals surface area (Å²) in [6, 6.07) is 10.4. The molecule has 0 amide bonds. The number of carbonyl (C=O) groups is 1. The van der Waals surface area contributed by atoms with Gasteiger partial charge in [0.25, 0.3) is 0 Å². The lowest BCUT2D eigenvalue weighted by Crippen LogP contribution is -2.43. The molecule has 0 saturated heterocycles. The highest BCUT2D eigenvalue weighted by molar-refractivity contribution is 5.66. The molecule has 6 heteroatoms. The van der Waals surface area contributed by atoms with Crippen LogP contribution in [0.1, 0.15) is 30.4 Å². The third-order valence-corrected chi connectivity index (χ3v) is 3.85. The van der Waals surface area contributed by atoms with E-state index >= 15 is 0 Å². The van der Waals surface area contributed by atoms with Crippen LogP contribution < -0.4 is 0 Å².